The number of Topliss-reactive ketones (excluding diaryl/α,β-unsaturated/α-hetero) is 1. The first-order valence-electron chi connectivity index (χ1n) is 7.68. The minimum atomic E-state index is -1.11. The van der Waals surface area contributed by atoms with Crippen LogP contribution in [-0.4, -0.2) is 15.2 Å². The predicted octanol–water partition coefficient (Wildman–Crippen LogP) is 3.52. The molecule has 112 valence electrons. The summed E-state index contributed by atoms with van der Waals surface area (Å²) in [7, 11) is -1.11. The van der Waals surface area contributed by atoms with Gasteiger partial charge in [0.05, 0.1) is 16.0 Å². The van der Waals surface area contributed by atoms with Crippen molar-refractivity contribution in [2.24, 2.45) is 23.7 Å². The Morgan fingerprint density at radius 3 is 2.38 bits per heavy atom. The van der Waals surface area contributed by atoms with Crippen LogP contribution in [-0.2, 0) is 15.6 Å². The predicted molar refractivity (Wildman–Crippen MR) is 85.4 cm³/mol. The van der Waals surface area contributed by atoms with E-state index in [-0.39, 0.29) is 22.9 Å². The Kier molecular flexibility index (Phi) is 3.87. The SMILES string of the molecule is Cc1ccc([S@](=O)[C@@H]2[C@@H](C(=O)C(C)C)[C@H]3C=C[C@@H]2C3)cc1. The molecule has 2 aliphatic carbocycles. The van der Waals surface area contributed by atoms with Gasteiger partial charge in [0.1, 0.15) is 5.78 Å². The van der Waals surface area contributed by atoms with Gasteiger partial charge in [-0.3, -0.25) is 9.00 Å². The average molecular weight is 302 g/mol. The van der Waals surface area contributed by atoms with Gasteiger partial charge in [-0.2, -0.15) is 0 Å². The molecule has 0 aliphatic heterocycles. The number of benzene rings is 1. The average Bonchev–Trinajstić information content (AvgIpc) is 3.07. The summed E-state index contributed by atoms with van der Waals surface area (Å²) in [6.45, 7) is 5.92. The van der Waals surface area contributed by atoms with Crippen molar-refractivity contribution in [3.05, 3.63) is 42.0 Å². The molecule has 2 bridgehead atoms. The van der Waals surface area contributed by atoms with Crippen LogP contribution in [0.5, 0.6) is 0 Å². The van der Waals surface area contributed by atoms with Crippen molar-refractivity contribution in [3.8, 4) is 0 Å². The second-order valence-corrected chi connectivity index (χ2v) is 8.22. The minimum absolute atomic E-state index is 0.0141. The third kappa shape index (κ3) is 2.52. The van der Waals surface area contributed by atoms with Crippen LogP contribution in [0.4, 0.5) is 0 Å². The van der Waals surface area contributed by atoms with Crippen LogP contribution < -0.4 is 0 Å². The highest BCUT2D eigenvalue weighted by Crippen LogP contribution is 2.48. The Balaban J connectivity index is 1.92. The zero-order valence-electron chi connectivity index (χ0n) is 12.8. The van der Waals surface area contributed by atoms with Gasteiger partial charge in [0.15, 0.2) is 0 Å². The van der Waals surface area contributed by atoms with Crippen molar-refractivity contribution < 1.29 is 9.00 Å². The van der Waals surface area contributed by atoms with Crippen LogP contribution in [0.3, 0.4) is 0 Å². The van der Waals surface area contributed by atoms with Gasteiger partial charge in [-0.1, -0.05) is 43.7 Å². The van der Waals surface area contributed by atoms with E-state index >= 15 is 0 Å². The van der Waals surface area contributed by atoms with Crippen molar-refractivity contribution in [1.82, 2.24) is 0 Å². The summed E-state index contributed by atoms with van der Waals surface area (Å²) >= 11 is 0. The molecule has 0 radical (unpaired) electrons. The maximum Gasteiger partial charge on any atom is 0.140 e. The van der Waals surface area contributed by atoms with Gasteiger partial charge in [0.25, 0.3) is 0 Å². The molecule has 1 aromatic rings. The molecule has 0 saturated heterocycles. The summed E-state index contributed by atoms with van der Waals surface area (Å²) in [6.07, 6.45) is 5.33. The molecule has 0 amide bonds. The number of allylic oxidation sites excluding steroid dienone is 2. The number of ketones is 1. The van der Waals surface area contributed by atoms with Crippen molar-refractivity contribution in [1.29, 1.82) is 0 Å². The molecule has 1 fully saturated rings. The van der Waals surface area contributed by atoms with E-state index in [9.17, 15) is 9.00 Å². The summed E-state index contributed by atoms with van der Waals surface area (Å²) in [4.78, 5) is 13.4. The van der Waals surface area contributed by atoms with Gasteiger partial charge in [0, 0.05) is 16.7 Å². The van der Waals surface area contributed by atoms with Gasteiger partial charge in [-0.05, 0) is 37.3 Å². The monoisotopic (exact) mass is 302 g/mol. The molecule has 0 spiro atoms. The van der Waals surface area contributed by atoms with E-state index in [0.29, 0.717) is 11.8 Å². The smallest absolute Gasteiger partial charge is 0.140 e. The van der Waals surface area contributed by atoms with Crippen molar-refractivity contribution in [3.63, 3.8) is 0 Å². The van der Waals surface area contributed by atoms with Crippen molar-refractivity contribution in [2.75, 3.05) is 0 Å². The second-order valence-electron chi connectivity index (χ2n) is 6.61. The van der Waals surface area contributed by atoms with Gasteiger partial charge in [-0.15, -0.1) is 0 Å². The van der Waals surface area contributed by atoms with Crippen LogP contribution in [0.2, 0.25) is 0 Å². The normalized spacial score (nSPS) is 31.8. The first-order valence-corrected chi connectivity index (χ1v) is 8.89. The molecule has 2 aliphatic rings. The summed E-state index contributed by atoms with van der Waals surface area (Å²) in [5, 5.41) is -0.0439. The molecule has 3 rings (SSSR count). The number of aryl methyl sites for hydroxylation is 1. The topological polar surface area (TPSA) is 34.1 Å². The molecular weight excluding hydrogens is 280 g/mol. The maximum atomic E-state index is 13.0. The summed E-state index contributed by atoms with van der Waals surface area (Å²) < 4.78 is 13.0. The standard InChI is InChI=1S/C18H22O2S/c1-11(2)17(19)16-13-6-7-14(10-13)18(16)21(20)15-8-4-12(3)5-9-15/h4-9,11,13-14,16,18H,10H2,1-3H3/t13-,14+,16+,18-,21-/m0/s1. The summed E-state index contributed by atoms with van der Waals surface area (Å²) in [5.74, 6) is 0.814. The fourth-order valence-electron chi connectivity index (χ4n) is 3.66. The number of carbonyl (C=O) groups is 1. The highest BCUT2D eigenvalue weighted by molar-refractivity contribution is 7.85. The lowest BCUT2D eigenvalue weighted by molar-refractivity contribution is -0.126. The second kappa shape index (κ2) is 5.53. The molecule has 0 heterocycles. The van der Waals surface area contributed by atoms with Gasteiger partial charge in [-0.25, -0.2) is 0 Å². The fourth-order valence-corrected chi connectivity index (χ4v) is 5.50. The number of rotatable bonds is 4. The highest BCUT2D eigenvalue weighted by atomic mass is 32.2. The summed E-state index contributed by atoms with van der Waals surface area (Å²) in [6, 6.07) is 7.88. The quantitative estimate of drug-likeness (QED) is 0.798. The Hall–Kier alpha value is -1.22. The number of fused-ring (bicyclic) bond motifs is 2. The van der Waals surface area contributed by atoms with E-state index in [1.54, 1.807) is 0 Å². The largest absolute Gasteiger partial charge is 0.299 e. The van der Waals surface area contributed by atoms with E-state index in [1.165, 1.54) is 5.56 Å². The van der Waals surface area contributed by atoms with Crippen molar-refractivity contribution in [2.45, 2.75) is 37.3 Å². The Bertz CT molecular complexity index is 600. The molecule has 0 N–H and O–H groups in total. The molecule has 5 atom stereocenters. The first-order chi connectivity index (χ1) is 9.99. The molecule has 1 aromatic carbocycles. The molecule has 21 heavy (non-hydrogen) atoms. The third-order valence-electron chi connectivity index (χ3n) is 4.79. The fraction of sp³-hybridized carbons (Fsp3) is 0.500. The molecule has 0 unspecified atom stereocenters. The van der Waals surface area contributed by atoms with Gasteiger partial charge in [0.2, 0.25) is 0 Å². The van der Waals surface area contributed by atoms with Crippen LogP contribution in [0, 0.1) is 30.6 Å². The third-order valence-corrected chi connectivity index (χ3v) is 6.66. The number of hydrogen-bond acceptors (Lipinski definition) is 2. The maximum absolute atomic E-state index is 13.0. The van der Waals surface area contributed by atoms with Gasteiger partial charge >= 0.3 is 0 Å². The first kappa shape index (κ1) is 14.7. The summed E-state index contributed by atoms with van der Waals surface area (Å²) in [5.41, 5.74) is 1.17. The molecule has 0 aromatic heterocycles. The molecular formula is C18H22O2S. The van der Waals surface area contributed by atoms with E-state index < -0.39 is 10.8 Å². The van der Waals surface area contributed by atoms with Crippen molar-refractivity contribution >= 4 is 16.6 Å². The van der Waals surface area contributed by atoms with Crippen LogP contribution in [0.25, 0.3) is 0 Å². The van der Waals surface area contributed by atoms with Crippen LogP contribution in [0.1, 0.15) is 25.8 Å². The molecule has 3 heteroatoms. The van der Waals surface area contributed by atoms with Gasteiger partial charge < -0.3 is 0 Å². The zero-order chi connectivity index (χ0) is 15.1. The van der Waals surface area contributed by atoms with E-state index in [2.05, 4.69) is 12.2 Å². The molecule has 2 nitrogen and oxygen atoms in total. The zero-order valence-corrected chi connectivity index (χ0v) is 13.6. The van der Waals surface area contributed by atoms with Crippen LogP contribution in [0.15, 0.2) is 41.3 Å². The number of hydrogen-bond donors (Lipinski definition) is 0. The minimum Gasteiger partial charge on any atom is -0.299 e. The van der Waals surface area contributed by atoms with E-state index in [1.807, 2.05) is 45.0 Å². The highest BCUT2D eigenvalue weighted by Gasteiger charge is 2.51. The Morgan fingerprint density at radius 2 is 1.76 bits per heavy atom. The lowest BCUT2D eigenvalue weighted by Crippen LogP contribution is -2.37. The number of carbonyl (C=O) groups excluding carboxylic acids is 1. The van der Waals surface area contributed by atoms with E-state index in [0.717, 1.165) is 11.3 Å². The lowest BCUT2D eigenvalue weighted by atomic mass is 9.84. The lowest BCUT2D eigenvalue weighted by Gasteiger charge is -2.27. The van der Waals surface area contributed by atoms with E-state index in [4.69, 9.17) is 0 Å². The molecule has 1 saturated carbocycles. The Labute approximate surface area is 129 Å². The van der Waals surface area contributed by atoms with Crippen LogP contribution >= 0.6 is 0 Å². The Morgan fingerprint density at radius 1 is 1.14 bits per heavy atom.